The highest BCUT2D eigenvalue weighted by atomic mass is 32.2. The maximum atomic E-state index is 12.2. The molecule has 19 heavy (non-hydrogen) atoms. The molecule has 1 saturated heterocycles. The van der Waals surface area contributed by atoms with Gasteiger partial charge in [-0.2, -0.15) is 0 Å². The summed E-state index contributed by atoms with van der Waals surface area (Å²) in [6, 6.07) is 0. The third-order valence-electron chi connectivity index (χ3n) is 3.85. The number of rotatable bonds is 5. The molecule has 1 saturated carbocycles. The maximum absolute atomic E-state index is 12.2. The molecule has 1 aliphatic heterocycles. The summed E-state index contributed by atoms with van der Waals surface area (Å²) in [5.41, 5.74) is 0. The normalized spacial score (nSPS) is 28.4. The Morgan fingerprint density at radius 2 is 1.68 bits per heavy atom. The molecule has 2 rings (SSSR count). The van der Waals surface area contributed by atoms with Crippen LogP contribution in [0.3, 0.4) is 0 Å². The molecule has 110 valence electrons. The molecule has 0 aromatic rings. The molecule has 0 N–H and O–H groups in total. The number of morpholine rings is 1. The van der Waals surface area contributed by atoms with Crippen LogP contribution in [0.15, 0.2) is 0 Å². The van der Waals surface area contributed by atoms with Gasteiger partial charge < -0.3 is 9.64 Å². The van der Waals surface area contributed by atoms with E-state index in [1.54, 1.807) is 4.90 Å². The first-order chi connectivity index (χ1) is 8.96. The van der Waals surface area contributed by atoms with E-state index >= 15 is 0 Å². The Balaban J connectivity index is 1.97. The fourth-order valence-corrected chi connectivity index (χ4v) is 4.00. The van der Waals surface area contributed by atoms with Crippen LogP contribution in [0.4, 0.5) is 0 Å². The minimum Gasteiger partial charge on any atom is -0.371 e. The van der Waals surface area contributed by atoms with E-state index in [2.05, 4.69) is 0 Å². The number of hydrogen-bond acceptors (Lipinski definition) is 4. The first-order valence-corrected chi connectivity index (χ1v) is 8.82. The third-order valence-corrected chi connectivity index (χ3v) is 5.99. The van der Waals surface area contributed by atoms with Crippen LogP contribution in [0, 0.1) is 0 Å². The van der Waals surface area contributed by atoms with Crippen molar-refractivity contribution >= 4 is 15.7 Å². The summed E-state index contributed by atoms with van der Waals surface area (Å²) in [5, 5.41) is -0.263. The first-order valence-electron chi connectivity index (χ1n) is 7.11. The maximum Gasteiger partial charge on any atom is 0.237 e. The zero-order valence-electron chi connectivity index (χ0n) is 11.7. The van der Waals surface area contributed by atoms with Crippen LogP contribution < -0.4 is 0 Å². The van der Waals surface area contributed by atoms with E-state index in [4.69, 9.17) is 4.74 Å². The van der Waals surface area contributed by atoms with Crippen LogP contribution in [0.25, 0.3) is 0 Å². The second kappa shape index (κ2) is 5.79. The number of ether oxygens (including phenoxy) is 1. The van der Waals surface area contributed by atoms with Crippen molar-refractivity contribution in [3.05, 3.63) is 0 Å². The summed E-state index contributed by atoms with van der Waals surface area (Å²) >= 11 is 0. The van der Waals surface area contributed by atoms with Crippen molar-refractivity contribution in [2.24, 2.45) is 0 Å². The van der Waals surface area contributed by atoms with Crippen LogP contribution in [0.2, 0.25) is 0 Å². The summed E-state index contributed by atoms with van der Waals surface area (Å²) in [6.07, 6.45) is 3.19. The van der Waals surface area contributed by atoms with Gasteiger partial charge in [0.05, 0.1) is 17.5 Å². The molecule has 2 unspecified atom stereocenters. The summed E-state index contributed by atoms with van der Waals surface area (Å²) < 4.78 is 29.6. The van der Waals surface area contributed by atoms with Crippen LogP contribution in [-0.4, -0.2) is 55.5 Å². The van der Waals surface area contributed by atoms with Gasteiger partial charge in [-0.05, 0) is 25.7 Å². The van der Waals surface area contributed by atoms with Gasteiger partial charge in [0.25, 0.3) is 0 Å². The molecule has 0 aromatic heterocycles. The fraction of sp³-hybridized carbons (Fsp3) is 0.923. The largest absolute Gasteiger partial charge is 0.371 e. The van der Waals surface area contributed by atoms with Crippen LogP contribution in [0.1, 0.15) is 39.5 Å². The van der Waals surface area contributed by atoms with Gasteiger partial charge in [0.1, 0.15) is 5.75 Å². The molecule has 5 nitrogen and oxygen atoms in total. The lowest BCUT2D eigenvalue weighted by molar-refractivity contribution is -0.143. The Labute approximate surface area is 115 Å². The molecule has 0 bridgehead atoms. The van der Waals surface area contributed by atoms with Gasteiger partial charge in [0, 0.05) is 13.1 Å². The molecule has 0 radical (unpaired) electrons. The van der Waals surface area contributed by atoms with E-state index in [1.165, 1.54) is 0 Å². The van der Waals surface area contributed by atoms with Crippen molar-refractivity contribution < 1.29 is 17.9 Å². The zero-order chi connectivity index (χ0) is 14.0. The van der Waals surface area contributed by atoms with Gasteiger partial charge in [-0.1, -0.05) is 13.8 Å². The van der Waals surface area contributed by atoms with Crippen molar-refractivity contribution in [1.29, 1.82) is 0 Å². The molecule has 0 spiro atoms. The second-order valence-corrected chi connectivity index (χ2v) is 7.78. The summed E-state index contributed by atoms with van der Waals surface area (Å²) in [4.78, 5) is 13.8. The van der Waals surface area contributed by atoms with Crippen molar-refractivity contribution in [2.45, 2.75) is 57.0 Å². The number of nitrogens with zero attached hydrogens (tertiary/aromatic N) is 1. The van der Waals surface area contributed by atoms with Crippen molar-refractivity contribution in [3.8, 4) is 0 Å². The molecule has 1 heterocycles. The molecule has 0 aromatic carbocycles. The Kier molecular flexibility index (Phi) is 4.50. The molecular formula is C13H23NO4S. The Bertz CT molecular complexity index is 418. The topological polar surface area (TPSA) is 63.7 Å². The van der Waals surface area contributed by atoms with Gasteiger partial charge in [-0.3, -0.25) is 4.79 Å². The minimum atomic E-state index is -3.22. The zero-order valence-corrected chi connectivity index (χ0v) is 12.5. The van der Waals surface area contributed by atoms with Gasteiger partial charge in [-0.25, -0.2) is 8.42 Å². The van der Waals surface area contributed by atoms with Gasteiger partial charge >= 0.3 is 0 Å². The van der Waals surface area contributed by atoms with E-state index in [0.29, 0.717) is 25.9 Å². The van der Waals surface area contributed by atoms with Crippen LogP contribution in [-0.2, 0) is 19.4 Å². The molecule has 6 heteroatoms. The minimum absolute atomic E-state index is 0.0336. The van der Waals surface area contributed by atoms with Crippen LogP contribution >= 0.6 is 0 Å². The number of carbonyl (C=O) groups is 1. The molecular weight excluding hydrogens is 266 g/mol. The summed E-state index contributed by atoms with van der Waals surface area (Å²) in [5.74, 6) is -0.586. The lowest BCUT2D eigenvalue weighted by Crippen LogP contribution is -2.51. The smallest absolute Gasteiger partial charge is 0.237 e. The predicted molar refractivity (Wildman–Crippen MR) is 72.6 cm³/mol. The number of amides is 1. The highest BCUT2D eigenvalue weighted by Gasteiger charge is 2.39. The predicted octanol–water partition coefficient (Wildman–Crippen LogP) is 0.980. The second-order valence-electron chi connectivity index (χ2n) is 5.50. The monoisotopic (exact) mass is 289 g/mol. The van der Waals surface area contributed by atoms with E-state index in [1.807, 2.05) is 13.8 Å². The number of sulfone groups is 1. The summed E-state index contributed by atoms with van der Waals surface area (Å²) in [7, 11) is -3.22. The lowest BCUT2D eigenvalue weighted by atomic mass is 10.1. The van der Waals surface area contributed by atoms with Gasteiger partial charge in [-0.15, -0.1) is 0 Å². The van der Waals surface area contributed by atoms with Gasteiger partial charge in [0.15, 0.2) is 9.84 Å². The molecule has 2 atom stereocenters. The van der Waals surface area contributed by atoms with E-state index < -0.39 is 9.84 Å². The van der Waals surface area contributed by atoms with E-state index in [0.717, 1.165) is 12.8 Å². The number of hydrogen-bond donors (Lipinski definition) is 0. The average molecular weight is 289 g/mol. The van der Waals surface area contributed by atoms with Crippen molar-refractivity contribution in [1.82, 2.24) is 4.90 Å². The molecule has 2 aliphatic rings. The summed E-state index contributed by atoms with van der Waals surface area (Å²) in [6.45, 7) is 5.08. The third kappa shape index (κ3) is 3.69. The average Bonchev–Trinajstić information content (AvgIpc) is 3.22. The Morgan fingerprint density at radius 3 is 2.11 bits per heavy atom. The lowest BCUT2D eigenvalue weighted by Gasteiger charge is -2.37. The molecule has 1 aliphatic carbocycles. The molecule has 1 amide bonds. The van der Waals surface area contributed by atoms with E-state index in [-0.39, 0.29) is 29.1 Å². The van der Waals surface area contributed by atoms with Crippen molar-refractivity contribution in [3.63, 3.8) is 0 Å². The van der Waals surface area contributed by atoms with Gasteiger partial charge in [0.2, 0.25) is 5.91 Å². The van der Waals surface area contributed by atoms with E-state index in [9.17, 15) is 13.2 Å². The standard InChI is InChI=1S/C13H23NO4S/c1-3-10-7-14(8-11(4-2)18-10)13(15)9-19(16,17)12-5-6-12/h10-12H,3-9H2,1-2H3. The quantitative estimate of drug-likeness (QED) is 0.757. The highest BCUT2D eigenvalue weighted by Crippen LogP contribution is 2.29. The fourth-order valence-electron chi connectivity index (χ4n) is 2.39. The SMILES string of the molecule is CCC1CN(C(=O)CS(=O)(=O)C2CC2)CC(CC)O1. The first kappa shape index (κ1) is 14.8. The van der Waals surface area contributed by atoms with Crippen LogP contribution in [0.5, 0.6) is 0 Å². The Morgan fingerprint density at radius 1 is 1.16 bits per heavy atom. The number of carbonyl (C=O) groups excluding carboxylic acids is 1. The molecule has 2 fully saturated rings. The van der Waals surface area contributed by atoms with Crippen molar-refractivity contribution in [2.75, 3.05) is 18.8 Å². The Hall–Kier alpha value is -0.620. The highest BCUT2D eigenvalue weighted by molar-refractivity contribution is 7.93.